The molecule has 0 spiro atoms. The smallest absolute Gasteiger partial charge is 0.0701 e. The van der Waals surface area contributed by atoms with Crippen molar-refractivity contribution >= 4 is 38.6 Å². The lowest BCUT2D eigenvalue weighted by molar-refractivity contribution is 0.599. The van der Waals surface area contributed by atoms with Crippen molar-refractivity contribution in [3.63, 3.8) is 0 Å². The van der Waals surface area contributed by atoms with Gasteiger partial charge in [-0.1, -0.05) is 6.92 Å². The first-order valence-electron chi connectivity index (χ1n) is 5.73. The molecule has 4 heteroatoms. The van der Waals surface area contributed by atoms with Crippen LogP contribution in [0.5, 0.6) is 0 Å². The molecule has 0 aliphatic heterocycles. The second kappa shape index (κ2) is 6.14. The molecule has 0 aliphatic carbocycles. The maximum absolute atomic E-state index is 3.63. The minimum absolute atomic E-state index is 0.337. The van der Waals surface area contributed by atoms with Crippen molar-refractivity contribution < 1.29 is 0 Å². The molecule has 0 radical (unpaired) electrons. The normalized spacial score (nSPS) is 12.9. The lowest BCUT2D eigenvalue weighted by Gasteiger charge is -2.17. The predicted octanol–water partition coefficient (Wildman–Crippen LogP) is 4.97. The maximum atomic E-state index is 3.63. The number of halogens is 1. The van der Waals surface area contributed by atoms with Gasteiger partial charge < -0.3 is 5.32 Å². The van der Waals surface area contributed by atoms with Gasteiger partial charge in [-0.25, -0.2) is 0 Å². The Balaban J connectivity index is 2.28. The van der Waals surface area contributed by atoms with E-state index in [0.29, 0.717) is 6.04 Å². The van der Waals surface area contributed by atoms with E-state index in [1.54, 1.807) is 11.3 Å². The average Bonchev–Trinajstić information content (AvgIpc) is 2.90. The van der Waals surface area contributed by atoms with Crippen LogP contribution in [-0.4, -0.2) is 6.54 Å². The van der Waals surface area contributed by atoms with Crippen LogP contribution in [0.25, 0.3) is 0 Å². The van der Waals surface area contributed by atoms with Crippen molar-refractivity contribution in [2.24, 2.45) is 0 Å². The second-order valence-electron chi connectivity index (χ2n) is 4.00. The Morgan fingerprint density at radius 2 is 2.24 bits per heavy atom. The van der Waals surface area contributed by atoms with Gasteiger partial charge >= 0.3 is 0 Å². The summed E-state index contributed by atoms with van der Waals surface area (Å²) < 4.78 is 1.20. The summed E-state index contributed by atoms with van der Waals surface area (Å²) in [7, 11) is 0. The number of nitrogens with one attached hydrogen (secondary N) is 1. The summed E-state index contributed by atoms with van der Waals surface area (Å²) >= 11 is 7.11. The molecule has 1 atom stereocenters. The summed E-state index contributed by atoms with van der Waals surface area (Å²) in [6.07, 6.45) is 1.16. The maximum Gasteiger partial charge on any atom is 0.0701 e. The van der Waals surface area contributed by atoms with Gasteiger partial charge in [0, 0.05) is 4.88 Å². The van der Waals surface area contributed by atoms with E-state index < -0.39 is 0 Å². The largest absolute Gasteiger partial charge is 0.306 e. The van der Waals surface area contributed by atoms with Gasteiger partial charge in [-0.2, -0.15) is 0 Å². The van der Waals surface area contributed by atoms with Gasteiger partial charge in [-0.05, 0) is 69.8 Å². The molecule has 0 bridgehead atoms. The molecule has 2 aromatic rings. The van der Waals surface area contributed by atoms with Crippen molar-refractivity contribution in [2.45, 2.75) is 26.3 Å². The fraction of sp³-hybridized carbons (Fsp3) is 0.385. The van der Waals surface area contributed by atoms with Crippen LogP contribution in [0.15, 0.2) is 26.7 Å². The van der Waals surface area contributed by atoms with Crippen LogP contribution >= 0.6 is 38.6 Å². The van der Waals surface area contributed by atoms with E-state index in [1.165, 1.54) is 19.8 Å². The van der Waals surface area contributed by atoms with E-state index in [0.717, 1.165) is 13.0 Å². The van der Waals surface area contributed by atoms with Gasteiger partial charge in [-0.3, -0.25) is 0 Å². The minimum atomic E-state index is 0.337. The van der Waals surface area contributed by atoms with Crippen molar-refractivity contribution in [3.8, 4) is 0 Å². The fourth-order valence-corrected chi connectivity index (χ4v) is 3.81. The molecule has 2 rings (SSSR count). The van der Waals surface area contributed by atoms with Crippen molar-refractivity contribution in [2.75, 3.05) is 6.54 Å². The Kier molecular flexibility index (Phi) is 4.79. The van der Waals surface area contributed by atoms with Crippen LogP contribution in [0, 0.1) is 6.92 Å². The summed E-state index contributed by atoms with van der Waals surface area (Å²) in [5.74, 6) is 0. The Labute approximate surface area is 119 Å². The fourth-order valence-electron chi connectivity index (χ4n) is 1.87. The highest BCUT2D eigenvalue weighted by molar-refractivity contribution is 9.11. The van der Waals surface area contributed by atoms with Crippen molar-refractivity contribution in [1.82, 2.24) is 5.32 Å². The average molecular weight is 330 g/mol. The Morgan fingerprint density at radius 1 is 1.41 bits per heavy atom. The van der Waals surface area contributed by atoms with Gasteiger partial charge in [0.2, 0.25) is 0 Å². The minimum Gasteiger partial charge on any atom is -0.306 e. The lowest BCUT2D eigenvalue weighted by atomic mass is 10.0. The zero-order valence-electron chi connectivity index (χ0n) is 10.00. The molecule has 0 saturated carbocycles. The summed E-state index contributed by atoms with van der Waals surface area (Å²) in [5.41, 5.74) is 2.77. The first kappa shape index (κ1) is 13.3. The Hall–Kier alpha value is -0.160. The highest BCUT2D eigenvalue weighted by atomic mass is 79.9. The van der Waals surface area contributed by atoms with Crippen LogP contribution in [0.3, 0.4) is 0 Å². The van der Waals surface area contributed by atoms with E-state index in [1.807, 2.05) is 11.3 Å². The molecule has 1 nitrogen and oxygen atoms in total. The van der Waals surface area contributed by atoms with Gasteiger partial charge in [-0.15, -0.1) is 22.7 Å². The van der Waals surface area contributed by atoms with E-state index in [4.69, 9.17) is 0 Å². The Morgan fingerprint density at radius 3 is 2.76 bits per heavy atom. The molecule has 17 heavy (non-hydrogen) atoms. The van der Waals surface area contributed by atoms with E-state index in [2.05, 4.69) is 58.0 Å². The zero-order valence-corrected chi connectivity index (χ0v) is 13.2. The van der Waals surface area contributed by atoms with E-state index in [9.17, 15) is 0 Å². The number of aryl methyl sites for hydroxylation is 1. The molecule has 2 heterocycles. The molecule has 1 N–H and O–H groups in total. The third-order valence-electron chi connectivity index (χ3n) is 2.73. The van der Waals surface area contributed by atoms with Crippen LogP contribution < -0.4 is 5.32 Å². The van der Waals surface area contributed by atoms with Crippen LogP contribution in [-0.2, 0) is 0 Å². The van der Waals surface area contributed by atoms with E-state index in [-0.39, 0.29) is 0 Å². The highest BCUT2D eigenvalue weighted by Gasteiger charge is 2.17. The van der Waals surface area contributed by atoms with Gasteiger partial charge in [0.1, 0.15) is 0 Å². The molecule has 92 valence electrons. The zero-order chi connectivity index (χ0) is 12.3. The van der Waals surface area contributed by atoms with Gasteiger partial charge in [0.05, 0.1) is 9.83 Å². The quantitative estimate of drug-likeness (QED) is 0.816. The molecule has 0 aromatic carbocycles. The lowest BCUT2D eigenvalue weighted by Crippen LogP contribution is -2.22. The number of rotatable bonds is 5. The molecule has 0 saturated heterocycles. The summed E-state index contributed by atoms with van der Waals surface area (Å²) in [6.45, 7) is 5.45. The predicted molar refractivity (Wildman–Crippen MR) is 81.2 cm³/mol. The first-order chi connectivity index (χ1) is 8.22. The van der Waals surface area contributed by atoms with Crippen molar-refractivity contribution in [1.29, 1.82) is 0 Å². The highest BCUT2D eigenvalue weighted by Crippen LogP contribution is 2.32. The standard InChI is InChI=1S/C13H16BrNS2/c1-3-5-15-13(10-7-12(14)17-8-10)11-4-6-16-9(11)2/h4,6-8,13,15H,3,5H2,1-2H3. The molecule has 0 amide bonds. The molecular formula is C13H16BrNS2. The number of hydrogen-bond acceptors (Lipinski definition) is 3. The summed E-state index contributed by atoms with van der Waals surface area (Å²) in [6, 6.07) is 4.79. The monoisotopic (exact) mass is 329 g/mol. The number of thiophene rings is 2. The number of hydrogen-bond donors (Lipinski definition) is 1. The van der Waals surface area contributed by atoms with E-state index >= 15 is 0 Å². The van der Waals surface area contributed by atoms with Crippen LogP contribution in [0.1, 0.15) is 35.4 Å². The molecule has 2 aromatic heterocycles. The van der Waals surface area contributed by atoms with Gasteiger partial charge in [0.25, 0.3) is 0 Å². The second-order valence-corrected chi connectivity index (χ2v) is 7.41. The summed E-state index contributed by atoms with van der Waals surface area (Å²) in [5, 5.41) is 8.04. The topological polar surface area (TPSA) is 12.0 Å². The Bertz CT molecular complexity index is 475. The van der Waals surface area contributed by atoms with Crippen LogP contribution in [0.2, 0.25) is 0 Å². The van der Waals surface area contributed by atoms with Gasteiger partial charge in [0.15, 0.2) is 0 Å². The molecular weight excluding hydrogens is 314 g/mol. The molecule has 0 fully saturated rings. The molecule has 0 aliphatic rings. The first-order valence-corrected chi connectivity index (χ1v) is 8.29. The SMILES string of the molecule is CCCNC(c1csc(Br)c1)c1ccsc1C. The third kappa shape index (κ3) is 3.19. The van der Waals surface area contributed by atoms with Crippen molar-refractivity contribution in [3.05, 3.63) is 42.7 Å². The molecule has 1 unspecified atom stereocenters. The summed E-state index contributed by atoms with van der Waals surface area (Å²) in [4.78, 5) is 1.40. The third-order valence-corrected chi connectivity index (χ3v) is 5.11. The van der Waals surface area contributed by atoms with Crippen LogP contribution in [0.4, 0.5) is 0 Å².